The molecule has 0 aliphatic heterocycles. The first kappa shape index (κ1) is 13.5. The van der Waals surface area contributed by atoms with Gasteiger partial charge in [0.15, 0.2) is 0 Å². The zero-order chi connectivity index (χ0) is 10.8. The molecule has 0 fully saturated rings. The van der Waals surface area contributed by atoms with Crippen LogP contribution in [0.1, 0.15) is 45.4 Å². The number of hydrogen-bond acceptors (Lipinski definition) is 2. The number of carbonyl (C=O) groups is 1. The van der Waals surface area contributed by atoms with Gasteiger partial charge in [0.2, 0.25) is 0 Å². The van der Waals surface area contributed by atoms with Crippen LogP contribution in [0, 0.1) is 0 Å². The summed E-state index contributed by atoms with van der Waals surface area (Å²) in [6.45, 7) is 5.93. The lowest BCUT2D eigenvalue weighted by Crippen LogP contribution is -2.04. The highest BCUT2D eigenvalue weighted by atomic mass is 35.5. The Hall–Kier alpha value is -0.500. The summed E-state index contributed by atoms with van der Waals surface area (Å²) >= 11 is 5.34. The van der Waals surface area contributed by atoms with Gasteiger partial charge in [-0.2, -0.15) is 0 Å². The van der Waals surface area contributed by atoms with Crippen LogP contribution >= 0.6 is 11.6 Å². The monoisotopic (exact) mass is 218 g/mol. The van der Waals surface area contributed by atoms with Crippen LogP contribution < -0.4 is 0 Å². The SMILES string of the molecule is C=C(Cl)C(=O)OCCCCCCCC. The maximum Gasteiger partial charge on any atom is 0.349 e. The Kier molecular flexibility index (Phi) is 8.75. The second kappa shape index (κ2) is 9.07. The van der Waals surface area contributed by atoms with Crippen LogP contribution in [-0.2, 0) is 9.53 Å². The van der Waals surface area contributed by atoms with Gasteiger partial charge in [-0.25, -0.2) is 4.79 Å². The van der Waals surface area contributed by atoms with Gasteiger partial charge in [0.05, 0.1) is 6.61 Å². The van der Waals surface area contributed by atoms with E-state index in [0.29, 0.717) is 6.61 Å². The normalized spacial score (nSPS) is 9.86. The average molecular weight is 219 g/mol. The topological polar surface area (TPSA) is 26.3 Å². The molecule has 14 heavy (non-hydrogen) atoms. The predicted octanol–water partition coefficient (Wildman–Crippen LogP) is 3.64. The number of rotatable bonds is 8. The quantitative estimate of drug-likeness (QED) is 0.353. The molecule has 0 amide bonds. The Morgan fingerprint density at radius 3 is 2.36 bits per heavy atom. The molecule has 0 atom stereocenters. The second-order valence-corrected chi connectivity index (χ2v) is 3.76. The molecule has 0 unspecified atom stereocenters. The molecule has 3 heteroatoms. The molecule has 0 bridgehead atoms. The zero-order valence-corrected chi connectivity index (χ0v) is 9.61. The van der Waals surface area contributed by atoms with Crippen molar-refractivity contribution in [3.05, 3.63) is 11.6 Å². The first-order chi connectivity index (χ1) is 6.68. The van der Waals surface area contributed by atoms with Gasteiger partial charge in [-0.15, -0.1) is 0 Å². The second-order valence-electron chi connectivity index (χ2n) is 3.31. The lowest BCUT2D eigenvalue weighted by Gasteiger charge is -2.02. The van der Waals surface area contributed by atoms with Crippen molar-refractivity contribution in [3.63, 3.8) is 0 Å². The van der Waals surface area contributed by atoms with Gasteiger partial charge in [0.25, 0.3) is 0 Å². The minimum absolute atomic E-state index is 0.0454. The standard InChI is InChI=1S/C11H19ClO2/c1-3-4-5-6-7-8-9-14-11(13)10(2)12/h2-9H2,1H3. The molecule has 0 spiro atoms. The van der Waals surface area contributed by atoms with Crippen LogP contribution in [0.2, 0.25) is 0 Å². The lowest BCUT2D eigenvalue weighted by molar-refractivity contribution is -0.138. The molecule has 0 aromatic heterocycles. The maximum absolute atomic E-state index is 10.8. The van der Waals surface area contributed by atoms with Gasteiger partial charge in [0, 0.05) is 0 Å². The Morgan fingerprint density at radius 1 is 1.21 bits per heavy atom. The number of hydrogen-bond donors (Lipinski definition) is 0. The molecule has 0 N–H and O–H groups in total. The largest absolute Gasteiger partial charge is 0.461 e. The van der Waals surface area contributed by atoms with Crippen molar-refractivity contribution in [2.45, 2.75) is 45.4 Å². The van der Waals surface area contributed by atoms with Gasteiger partial charge in [-0.3, -0.25) is 0 Å². The summed E-state index contributed by atoms with van der Waals surface area (Å²) in [7, 11) is 0. The Labute approximate surface area is 91.3 Å². The number of ether oxygens (including phenoxy) is 1. The van der Waals surface area contributed by atoms with Crippen molar-refractivity contribution >= 4 is 17.6 Å². The van der Waals surface area contributed by atoms with Crippen molar-refractivity contribution in [3.8, 4) is 0 Å². The Balaban J connectivity index is 3.13. The van der Waals surface area contributed by atoms with E-state index in [1.165, 1.54) is 25.7 Å². The first-order valence-electron chi connectivity index (χ1n) is 5.20. The third-order valence-electron chi connectivity index (χ3n) is 1.95. The van der Waals surface area contributed by atoms with Gasteiger partial charge in [-0.05, 0) is 6.42 Å². The Morgan fingerprint density at radius 2 is 1.79 bits per heavy atom. The lowest BCUT2D eigenvalue weighted by atomic mass is 10.1. The predicted molar refractivity (Wildman–Crippen MR) is 59.3 cm³/mol. The van der Waals surface area contributed by atoms with E-state index in [-0.39, 0.29) is 5.03 Å². The van der Waals surface area contributed by atoms with Crippen LogP contribution in [0.5, 0.6) is 0 Å². The highest BCUT2D eigenvalue weighted by molar-refractivity contribution is 6.40. The molecule has 0 aliphatic carbocycles. The molecule has 0 saturated heterocycles. The first-order valence-corrected chi connectivity index (χ1v) is 5.57. The minimum atomic E-state index is -0.500. The van der Waals surface area contributed by atoms with Crippen molar-refractivity contribution in [1.82, 2.24) is 0 Å². The van der Waals surface area contributed by atoms with Gasteiger partial charge >= 0.3 is 5.97 Å². The van der Waals surface area contributed by atoms with Gasteiger partial charge in [0.1, 0.15) is 5.03 Å². The van der Waals surface area contributed by atoms with Gasteiger partial charge in [-0.1, -0.05) is 57.2 Å². The molecule has 0 radical (unpaired) electrons. The van der Waals surface area contributed by atoms with Crippen molar-refractivity contribution in [2.24, 2.45) is 0 Å². The molecule has 0 aromatic carbocycles. The zero-order valence-electron chi connectivity index (χ0n) is 8.85. The van der Waals surface area contributed by atoms with Gasteiger partial charge < -0.3 is 4.74 Å². The molecule has 2 nitrogen and oxygen atoms in total. The highest BCUT2D eigenvalue weighted by Gasteiger charge is 2.03. The summed E-state index contributed by atoms with van der Waals surface area (Å²) in [5, 5.41) is -0.0454. The fraction of sp³-hybridized carbons (Fsp3) is 0.727. The fourth-order valence-electron chi connectivity index (χ4n) is 1.13. The summed E-state index contributed by atoms with van der Waals surface area (Å²) < 4.78 is 4.84. The number of esters is 1. The molecule has 0 saturated carbocycles. The third-order valence-corrected chi connectivity index (χ3v) is 2.11. The summed E-state index contributed by atoms with van der Waals surface area (Å²) in [5.74, 6) is -0.500. The van der Waals surface area contributed by atoms with Crippen molar-refractivity contribution in [2.75, 3.05) is 6.61 Å². The van der Waals surface area contributed by atoms with Crippen LogP contribution in [0.4, 0.5) is 0 Å². The van der Waals surface area contributed by atoms with E-state index in [0.717, 1.165) is 12.8 Å². The van der Waals surface area contributed by atoms with Crippen LogP contribution in [0.3, 0.4) is 0 Å². The third kappa shape index (κ3) is 8.11. The van der Waals surface area contributed by atoms with E-state index >= 15 is 0 Å². The van der Waals surface area contributed by atoms with E-state index in [9.17, 15) is 4.79 Å². The summed E-state index contributed by atoms with van der Waals surface area (Å²) in [6.07, 6.45) is 7.06. The smallest absolute Gasteiger partial charge is 0.349 e. The summed E-state index contributed by atoms with van der Waals surface area (Å²) in [5.41, 5.74) is 0. The highest BCUT2D eigenvalue weighted by Crippen LogP contribution is 2.06. The van der Waals surface area contributed by atoms with Crippen molar-refractivity contribution < 1.29 is 9.53 Å². The van der Waals surface area contributed by atoms with Crippen LogP contribution in [-0.4, -0.2) is 12.6 Å². The molecule has 0 aliphatic rings. The molecule has 0 heterocycles. The van der Waals surface area contributed by atoms with E-state index in [4.69, 9.17) is 16.3 Å². The van der Waals surface area contributed by atoms with Crippen molar-refractivity contribution in [1.29, 1.82) is 0 Å². The van der Waals surface area contributed by atoms with E-state index in [1.54, 1.807) is 0 Å². The van der Waals surface area contributed by atoms with Crippen LogP contribution in [0.25, 0.3) is 0 Å². The van der Waals surface area contributed by atoms with E-state index in [1.807, 2.05) is 0 Å². The fourth-order valence-corrected chi connectivity index (χ4v) is 1.18. The summed E-state index contributed by atoms with van der Waals surface area (Å²) in [6, 6.07) is 0. The minimum Gasteiger partial charge on any atom is -0.461 e. The number of halogens is 1. The molecular weight excluding hydrogens is 200 g/mol. The van der Waals surface area contributed by atoms with E-state index < -0.39 is 5.97 Å². The summed E-state index contributed by atoms with van der Waals surface area (Å²) in [4.78, 5) is 10.8. The number of unbranched alkanes of at least 4 members (excludes halogenated alkanes) is 5. The Bertz CT molecular complexity index is 178. The molecule has 0 rings (SSSR count). The molecular formula is C11H19ClO2. The van der Waals surface area contributed by atoms with E-state index in [2.05, 4.69) is 13.5 Å². The maximum atomic E-state index is 10.8. The van der Waals surface area contributed by atoms with Crippen LogP contribution in [0.15, 0.2) is 11.6 Å². The molecule has 0 aromatic rings. The number of carbonyl (C=O) groups excluding carboxylic acids is 1. The molecule has 82 valence electrons. The average Bonchev–Trinajstić information content (AvgIpc) is 2.16.